The molecular weight excluding hydrogens is 461 g/mol. The minimum Gasteiger partial charge on any atom is -0.423 e. The van der Waals surface area contributed by atoms with Gasteiger partial charge in [-0.2, -0.15) is 33.1 Å². The van der Waals surface area contributed by atoms with Crippen LogP contribution in [-0.2, 0) is 6.18 Å². The van der Waals surface area contributed by atoms with Gasteiger partial charge in [-0.05, 0) is 37.3 Å². The fourth-order valence-corrected chi connectivity index (χ4v) is 5.05. The van der Waals surface area contributed by atoms with E-state index in [2.05, 4.69) is 15.2 Å². The Morgan fingerprint density at radius 2 is 1.71 bits per heavy atom. The standard InChI is InChI=1S/C24H21F3N6O2/c1-14-2-4-20(33-28-6-7-29-33)18(8-14)22(34)31-10-15-12-32(13-16(15)11-31)23-30-19-9-17(24(25,26)27)3-5-21(19)35-23/h2-9,15-16H,10-13H2,1H3. The molecule has 0 aliphatic carbocycles. The normalized spacial score (nSPS) is 20.1. The van der Waals surface area contributed by atoms with Gasteiger partial charge in [0.25, 0.3) is 11.9 Å². The van der Waals surface area contributed by atoms with Crippen molar-refractivity contribution in [1.29, 1.82) is 0 Å². The molecule has 8 nitrogen and oxygen atoms in total. The molecular formula is C24H21F3N6O2. The molecule has 2 unspecified atom stereocenters. The lowest BCUT2D eigenvalue weighted by Crippen LogP contribution is -2.34. The Morgan fingerprint density at radius 3 is 2.40 bits per heavy atom. The first kappa shape index (κ1) is 21.6. The number of amides is 1. The highest BCUT2D eigenvalue weighted by Crippen LogP contribution is 2.37. The van der Waals surface area contributed by atoms with Crippen LogP contribution in [0.2, 0.25) is 0 Å². The van der Waals surface area contributed by atoms with Crippen LogP contribution in [0.4, 0.5) is 19.2 Å². The molecule has 2 aromatic carbocycles. The van der Waals surface area contributed by atoms with Crippen LogP contribution in [0.1, 0.15) is 21.5 Å². The molecule has 2 atom stereocenters. The van der Waals surface area contributed by atoms with Gasteiger partial charge in [0.1, 0.15) is 5.52 Å². The van der Waals surface area contributed by atoms with Crippen LogP contribution in [0, 0.1) is 18.8 Å². The van der Waals surface area contributed by atoms with E-state index >= 15 is 0 Å². The molecule has 0 saturated carbocycles. The van der Waals surface area contributed by atoms with Gasteiger partial charge in [0.15, 0.2) is 5.58 Å². The van der Waals surface area contributed by atoms with Crippen molar-refractivity contribution >= 4 is 23.0 Å². The third-order valence-electron chi connectivity index (χ3n) is 6.76. The summed E-state index contributed by atoms with van der Waals surface area (Å²) in [5.41, 5.74) is 1.91. The second-order valence-corrected chi connectivity index (χ2v) is 9.15. The first-order valence-electron chi connectivity index (χ1n) is 11.3. The van der Waals surface area contributed by atoms with E-state index in [0.29, 0.717) is 49.0 Å². The number of aromatic nitrogens is 4. The molecule has 0 radical (unpaired) electrons. The number of alkyl halides is 3. The summed E-state index contributed by atoms with van der Waals surface area (Å²) in [7, 11) is 0. The van der Waals surface area contributed by atoms with Gasteiger partial charge in [-0.3, -0.25) is 4.79 Å². The summed E-state index contributed by atoms with van der Waals surface area (Å²) in [6, 6.07) is 9.25. The first-order chi connectivity index (χ1) is 16.8. The maximum atomic E-state index is 13.4. The number of anilines is 1. The monoisotopic (exact) mass is 482 g/mol. The van der Waals surface area contributed by atoms with E-state index in [9.17, 15) is 18.0 Å². The van der Waals surface area contributed by atoms with E-state index in [-0.39, 0.29) is 23.3 Å². The maximum Gasteiger partial charge on any atom is 0.416 e. The number of likely N-dealkylation sites (tertiary alicyclic amines) is 1. The predicted molar refractivity (Wildman–Crippen MR) is 120 cm³/mol. The average Bonchev–Trinajstić information content (AvgIpc) is 3.60. The zero-order valence-corrected chi connectivity index (χ0v) is 18.7. The number of hydrogen-bond donors (Lipinski definition) is 0. The lowest BCUT2D eigenvalue weighted by molar-refractivity contribution is -0.137. The lowest BCUT2D eigenvalue weighted by Gasteiger charge is -2.22. The summed E-state index contributed by atoms with van der Waals surface area (Å²) in [6.45, 7) is 4.34. The second-order valence-electron chi connectivity index (χ2n) is 9.15. The molecule has 180 valence electrons. The minimum absolute atomic E-state index is 0.0662. The number of benzene rings is 2. The molecule has 0 N–H and O–H groups in total. The van der Waals surface area contributed by atoms with Crippen LogP contribution >= 0.6 is 0 Å². The fraction of sp³-hybridized carbons (Fsp3) is 0.333. The van der Waals surface area contributed by atoms with Crippen molar-refractivity contribution in [2.75, 3.05) is 31.1 Å². The Balaban J connectivity index is 1.18. The zero-order chi connectivity index (χ0) is 24.3. The Hall–Kier alpha value is -3.89. The van der Waals surface area contributed by atoms with Crippen molar-refractivity contribution in [3.8, 4) is 5.69 Å². The van der Waals surface area contributed by atoms with Crippen LogP contribution in [0.25, 0.3) is 16.8 Å². The van der Waals surface area contributed by atoms with Crippen LogP contribution in [-0.4, -0.2) is 57.0 Å². The Kier molecular flexibility index (Phi) is 4.83. The van der Waals surface area contributed by atoms with Gasteiger partial charge < -0.3 is 14.2 Å². The molecule has 4 aromatic rings. The van der Waals surface area contributed by atoms with Crippen LogP contribution in [0.3, 0.4) is 0 Å². The number of aryl methyl sites for hydroxylation is 1. The number of carbonyl (C=O) groups excluding carboxylic acids is 1. The summed E-state index contributed by atoms with van der Waals surface area (Å²) in [6.07, 6.45) is -1.30. The average molecular weight is 482 g/mol. The van der Waals surface area contributed by atoms with Crippen LogP contribution < -0.4 is 4.90 Å². The Labute approximate surface area is 197 Å². The third kappa shape index (κ3) is 3.80. The van der Waals surface area contributed by atoms with Gasteiger partial charge in [0, 0.05) is 38.0 Å². The summed E-state index contributed by atoms with van der Waals surface area (Å²) in [4.78, 5) is 23.0. The summed E-state index contributed by atoms with van der Waals surface area (Å²) in [5.74, 6) is 0.370. The van der Waals surface area contributed by atoms with Gasteiger partial charge in [-0.15, -0.1) is 0 Å². The number of nitrogens with zero attached hydrogens (tertiary/aromatic N) is 6. The van der Waals surface area contributed by atoms with Gasteiger partial charge >= 0.3 is 6.18 Å². The third-order valence-corrected chi connectivity index (χ3v) is 6.76. The number of carbonyl (C=O) groups is 1. The molecule has 0 spiro atoms. The van der Waals surface area contributed by atoms with Crippen molar-refractivity contribution < 1.29 is 22.4 Å². The zero-order valence-electron chi connectivity index (χ0n) is 18.7. The molecule has 2 fully saturated rings. The number of rotatable bonds is 3. The second kappa shape index (κ2) is 7.82. The topological polar surface area (TPSA) is 80.3 Å². The molecule has 2 aliphatic rings. The molecule has 2 aromatic heterocycles. The number of hydrogen-bond acceptors (Lipinski definition) is 6. The summed E-state index contributed by atoms with van der Waals surface area (Å²) < 4.78 is 44.8. The largest absolute Gasteiger partial charge is 0.423 e. The van der Waals surface area contributed by atoms with Crippen LogP contribution in [0.15, 0.2) is 53.2 Å². The molecule has 2 aliphatic heterocycles. The molecule has 0 bridgehead atoms. The van der Waals surface area contributed by atoms with Gasteiger partial charge in [-0.25, -0.2) is 0 Å². The van der Waals surface area contributed by atoms with E-state index in [1.165, 1.54) is 10.9 Å². The molecule has 2 saturated heterocycles. The summed E-state index contributed by atoms with van der Waals surface area (Å²) in [5, 5.41) is 8.34. The first-order valence-corrected chi connectivity index (χ1v) is 11.3. The van der Waals surface area contributed by atoms with Crippen molar-refractivity contribution in [2.45, 2.75) is 13.1 Å². The van der Waals surface area contributed by atoms with Crippen molar-refractivity contribution in [3.05, 3.63) is 65.5 Å². The summed E-state index contributed by atoms with van der Waals surface area (Å²) >= 11 is 0. The van der Waals surface area contributed by atoms with Crippen molar-refractivity contribution in [2.24, 2.45) is 11.8 Å². The highest BCUT2D eigenvalue weighted by molar-refractivity contribution is 5.98. The van der Waals surface area contributed by atoms with Gasteiger partial charge in [0.05, 0.1) is 29.2 Å². The van der Waals surface area contributed by atoms with Crippen molar-refractivity contribution in [1.82, 2.24) is 24.9 Å². The SMILES string of the molecule is Cc1ccc(-n2nccn2)c(C(=O)N2CC3CN(c4nc5cc(C(F)(F)F)ccc5o4)CC3C2)c1. The van der Waals surface area contributed by atoms with E-state index in [0.717, 1.165) is 17.7 Å². The number of oxazole rings is 1. The van der Waals surface area contributed by atoms with Gasteiger partial charge in [0.2, 0.25) is 0 Å². The predicted octanol–water partition coefficient (Wildman–Crippen LogP) is 3.94. The molecule has 1 amide bonds. The number of fused-ring (bicyclic) bond motifs is 2. The molecule has 11 heteroatoms. The quantitative estimate of drug-likeness (QED) is 0.440. The number of halogens is 3. The highest BCUT2D eigenvalue weighted by Gasteiger charge is 2.43. The minimum atomic E-state index is -4.43. The highest BCUT2D eigenvalue weighted by atomic mass is 19.4. The van der Waals surface area contributed by atoms with Crippen molar-refractivity contribution in [3.63, 3.8) is 0 Å². The van der Waals surface area contributed by atoms with E-state index in [1.807, 2.05) is 34.9 Å². The lowest BCUT2D eigenvalue weighted by atomic mass is 10.0. The Morgan fingerprint density at radius 1 is 1.00 bits per heavy atom. The molecule has 6 rings (SSSR count). The molecule has 4 heterocycles. The van der Waals surface area contributed by atoms with E-state index < -0.39 is 11.7 Å². The Bertz CT molecular complexity index is 1400. The van der Waals surface area contributed by atoms with Crippen LogP contribution in [0.5, 0.6) is 0 Å². The molecule has 35 heavy (non-hydrogen) atoms. The van der Waals surface area contributed by atoms with E-state index in [4.69, 9.17) is 4.42 Å². The van der Waals surface area contributed by atoms with Gasteiger partial charge in [-0.1, -0.05) is 11.6 Å². The smallest absolute Gasteiger partial charge is 0.416 e. The fourth-order valence-electron chi connectivity index (χ4n) is 5.05. The maximum absolute atomic E-state index is 13.4. The van der Waals surface area contributed by atoms with E-state index in [1.54, 1.807) is 12.4 Å².